The Bertz CT molecular complexity index is 908. The van der Waals surface area contributed by atoms with E-state index in [-0.39, 0.29) is 6.61 Å². The van der Waals surface area contributed by atoms with Crippen molar-refractivity contribution < 1.29 is 27.6 Å². The van der Waals surface area contributed by atoms with Crippen LogP contribution in [0.4, 0.5) is 13.2 Å². The van der Waals surface area contributed by atoms with Gasteiger partial charge in [0.2, 0.25) is 6.41 Å². The number of aryl methyl sites for hydroxylation is 1. The summed E-state index contributed by atoms with van der Waals surface area (Å²) in [6.07, 6.45) is -3.73. The van der Waals surface area contributed by atoms with Gasteiger partial charge in [-0.05, 0) is 44.0 Å². The van der Waals surface area contributed by atoms with Crippen molar-refractivity contribution in [3.63, 3.8) is 0 Å². The van der Waals surface area contributed by atoms with Gasteiger partial charge in [-0.2, -0.15) is 13.2 Å². The van der Waals surface area contributed by atoms with Gasteiger partial charge in [-0.3, -0.25) is 4.79 Å². The van der Waals surface area contributed by atoms with Crippen molar-refractivity contribution in [1.29, 1.82) is 0 Å². The van der Waals surface area contributed by atoms with Crippen LogP contribution in [0.3, 0.4) is 0 Å². The molecule has 168 valence electrons. The monoisotopic (exact) mass is 437 g/mol. The average molecular weight is 437 g/mol. The summed E-state index contributed by atoms with van der Waals surface area (Å²) < 4.78 is 37.9. The van der Waals surface area contributed by atoms with Crippen molar-refractivity contribution in [1.82, 2.24) is 5.32 Å². The Morgan fingerprint density at radius 2 is 1.68 bits per heavy atom. The first-order chi connectivity index (χ1) is 14.6. The summed E-state index contributed by atoms with van der Waals surface area (Å²) in [5.41, 5.74) is 3.88. The van der Waals surface area contributed by atoms with Gasteiger partial charge in [0.05, 0.1) is 17.0 Å². The second-order valence-corrected chi connectivity index (χ2v) is 6.39. The Morgan fingerprint density at radius 1 is 1.06 bits per heavy atom. The molecule has 1 amide bonds. The summed E-state index contributed by atoms with van der Waals surface area (Å²) >= 11 is 0. The van der Waals surface area contributed by atoms with E-state index in [4.69, 9.17) is 14.5 Å². The molecule has 0 spiro atoms. The Labute approximate surface area is 179 Å². The molecule has 2 aromatic carbocycles. The Morgan fingerprint density at radius 3 is 2.19 bits per heavy atom. The number of carbonyl (C=O) groups is 1. The molecule has 0 aromatic heterocycles. The number of halogens is 3. The van der Waals surface area contributed by atoms with E-state index in [9.17, 15) is 13.2 Å². The molecule has 0 aliphatic rings. The van der Waals surface area contributed by atoms with E-state index in [1.54, 1.807) is 14.0 Å². The van der Waals surface area contributed by atoms with Crippen LogP contribution in [-0.4, -0.2) is 32.0 Å². The number of hydrogen-bond acceptors (Lipinski definition) is 5. The van der Waals surface area contributed by atoms with Crippen LogP contribution in [0.1, 0.15) is 41.7 Å². The van der Waals surface area contributed by atoms with Crippen molar-refractivity contribution in [2.45, 2.75) is 33.6 Å². The van der Waals surface area contributed by atoms with Gasteiger partial charge >= 0.3 is 6.18 Å². The molecule has 0 aliphatic carbocycles. The molecular weight excluding hydrogens is 411 g/mol. The van der Waals surface area contributed by atoms with Gasteiger partial charge in [-0.25, -0.2) is 0 Å². The highest BCUT2D eigenvalue weighted by Gasteiger charge is 2.30. The maximum atomic E-state index is 12.6. The molecule has 0 radical (unpaired) electrons. The smallest absolute Gasteiger partial charge is 0.399 e. The standard InChI is InChI=1S/C20H21F3N2O2.C2H5NO/c1-13-6-5-7-18(15(3)24-26-4)19(13)12-27-25-14(2)16-8-10-17(11-9-16)20(21,22)23;1-3-2-4/h5-11H,12H2,1-4H3;2H,1H3,(H,3,4)/b24-15-,25-14+;. The fourth-order valence-corrected chi connectivity index (χ4v) is 2.57. The molecule has 0 heterocycles. The molecule has 2 aromatic rings. The maximum Gasteiger partial charge on any atom is 0.416 e. The summed E-state index contributed by atoms with van der Waals surface area (Å²) in [5, 5.41) is 10.2. The second-order valence-electron chi connectivity index (χ2n) is 6.39. The van der Waals surface area contributed by atoms with E-state index in [0.29, 0.717) is 23.4 Å². The van der Waals surface area contributed by atoms with E-state index in [0.717, 1.165) is 28.8 Å². The summed E-state index contributed by atoms with van der Waals surface area (Å²) in [4.78, 5) is 19.3. The van der Waals surface area contributed by atoms with Gasteiger partial charge in [0, 0.05) is 18.2 Å². The number of carbonyl (C=O) groups excluding carboxylic acids is 1. The van der Waals surface area contributed by atoms with Crippen LogP contribution in [0, 0.1) is 6.92 Å². The first-order valence-electron chi connectivity index (χ1n) is 9.27. The van der Waals surface area contributed by atoms with Gasteiger partial charge in [0.1, 0.15) is 13.7 Å². The van der Waals surface area contributed by atoms with Gasteiger partial charge < -0.3 is 15.0 Å². The first kappa shape index (κ1) is 25.7. The zero-order chi connectivity index (χ0) is 23.4. The lowest BCUT2D eigenvalue weighted by Gasteiger charge is -2.12. The van der Waals surface area contributed by atoms with Gasteiger partial charge in [-0.1, -0.05) is 40.6 Å². The number of amides is 1. The van der Waals surface area contributed by atoms with Gasteiger partial charge in [0.15, 0.2) is 0 Å². The summed E-state index contributed by atoms with van der Waals surface area (Å²) in [6, 6.07) is 10.6. The molecule has 9 heteroatoms. The topological polar surface area (TPSA) is 72.3 Å². The number of hydrogen-bond donors (Lipinski definition) is 1. The van der Waals surface area contributed by atoms with Crippen molar-refractivity contribution in [2.75, 3.05) is 14.2 Å². The Hall–Kier alpha value is -3.36. The van der Waals surface area contributed by atoms with Gasteiger partial charge in [0.25, 0.3) is 0 Å². The number of nitrogens with one attached hydrogen (secondary N) is 1. The molecule has 0 aliphatic heterocycles. The van der Waals surface area contributed by atoms with Crippen LogP contribution in [0.5, 0.6) is 0 Å². The quantitative estimate of drug-likeness (QED) is 0.388. The molecule has 0 saturated carbocycles. The zero-order valence-corrected chi connectivity index (χ0v) is 18.1. The minimum atomic E-state index is -4.36. The molecule has 2 rings (SSSR count). The lowest BCUT2D eigenvalue weighted by molar-refractivity contribution is -0.137. The van der Waals surface area contributed by atoms with E-state index < -0.39 is 11.7 Å². The Kier molecular flexibility index (Phi) is 10.2. The number of oxime groups is 2. The third-order valence-electron chi connectivity index (χ3n) is 4.19. The third kappa shape index (κ3) is 8.12. The Balaban J connectivity index is 0.00000110. The van der Waals surface area contributed by atoms with Crippen LogP contribution in [0.2, 0.25) is 0 Å². The molecule has 0 fully saturated rings. The van der Waals surface area contributed by atoms with E-state index >= 15 is 0 Å². The fraction of sp³-hybridized carbons (Fsp3) is 0.318. The van der Waals surface area contributed by atoms with E-state index in [1.165, 1.54) is 19.2 Å². The second kappa shape index (κ2) is 12.4. The SMILES string of the molecule is CNC=O.CO/N=C(/C)c1cccc(C)c1CO/N=C(\C)c1ccc(C(F)(F)F)cc1. The normalized spacial score (nSPS) is 11.9. The predicted molar refractivity (Wildman–Crippen MR) is 114 cm³/mol. The minimum Gasteiger partial charge on any atom is -0.399 e. The van der Waals surface area contributed by atoms with E-state index in [1.807, 2.05) is 32.0 Å². The average Bonchev–Trinajstić information content (AvgIpc) is 2.74. The fourth-order valence-electron chi connectivity index (χ4n) is 2.57. The van der Waals surface area contributed by atoms with Crippen molar-refractivity contribution in [3.05, 3.63) is 70.3 Å². The minimum absolute atomic E-state index is 0.205. The molecule has 6 nitrogen and oxygen atoms in total. The van der Waals surface area contributed by atoms with Crippen LogP contribution in [0.15, 0.2) is 52.8 Å². The molecule has 0 atom stereocenters. The van der Waals surface area contributed by atoms with E-state index in [2.05, 4.69) is 15.6 Å². The van der Waals surface area contributed by atoms with Crippen LogP contribution in [-0.2, 0) is 27.3 Å². The molecule has 0 bridgehead atoms. The first-order valence-corrected chi connectivity index (χ1v) is 9.27. The molecule has 1 N–H and O–H groups in total. The number of rotatable bonds is 7. The number of benzene rings is 2. The highest BCUT2D eigenvalue weighted by molar-refractivity contribution is 6.00. The van der Waals surface area contributed by atoms with Gasteiger partial charge in [-0.15, -0.1) is 0 Å². The van der Waals surface area contributed by atoms with Crippen LogP contribution < -0.4 is 5.32 Å². The lowest BCUT2D eigenvalue weighted by Crippen LogP contribution is -2.06. The number of alkyl halides is 3. The highest BCUT2D eigenvalue weighted by Crippen LogP contribution is 2.29. The van der Waals surface area contributed by atoms with Crippen molar-refractivity contribution in [2.24, 2.45) is 10.3 Å². The zero-order valence-electron chi connectivity index (χ0n) is 18.1. The van der Waals surface area contributed by atoms with Crippen molar-refractivity contribution >= 4 is 17.8 Å². The lowest BCUT2D eigenvalue weighted by atomic mass is 10.00. The highest BCUT2D eigenvalue weighted by atomic mass is 19.4. The van der Waals surface area contributed by atoms with Crippen LogP contribution >= 0.6 is 0 Å². The third-order valence-corrected chi connectivity index (χ3v) is 4.19. The summed E-state index contributed by atoms with van der Waals surface area (Å²) in [6.45, 7) is 5.67. The molecule has 0 unspecified atom stereocenters. The molecular formula is C22H26F3N3O3. The maximum absolute atomic E-state index is 12.6. The molecule has 0 saturated heterocycles. The van der Waals surface area contributed by atoms with Crippen molar-refractivity contribution in [3.8, 4) is 0 Å². The predicted octanol–water partition coefficient (Wildman–Crippen LogP) is 4.69. The largest absolute Gasteiger partial charge is 0.416 e. The van der Waals surface area contributed by atoms with Crippen LogP contribution in [0.25, 0.3) is 0 Å². The summed E-state index contributed by atoms with van der Waals surface area (Å²) in [7, 11) is 3.04. The molecule has 31 heavy (non-hydrogen) atoms. The summed E-state index contributed by atoms with van der Waals surface area (Å²) in [5.74, 6) is 0. The number of nitrogens with zero attached hydrogens (tertiary/aromatic N) is 2.